The van der Waals surface area contributed by atoms with Gasteiger partial charge in [0.25, 0.3) is 5.91 Å². The first-order valence-corrected chi connectivity index (χ1v) is 9.26. The van der Waals surface area contributed by atoms with Crippen LogP contribution >= 0.6 is 11.6 Å². The molecule has 1 aliphatic rings. The highest BCUT2D eigenvalue weighted by molar-refractivity contribution is 6.33. The predicted octanol–water partition coefficient (Wildman–Crippen LogP) is 1.87. The fourth-order valence-electron chi connectivity index (χ4n) is 3.28. The number of methoxy groups -OCH3 is 1. The van der Waals surface area contributed by atoms with Crippen molar-refractivity contribution >= 4 is 17.5 Å². The van der Waals surface area contributed by atoms with Crippen molar-refractivity contribution in [3.8, 4) is 5.75 Å². The van der Waals surface area contributed by atoms with Gasteiger partial charge in [-0.05, 0) is 42.5 Å². The van der Waals surface area contributed by atoms with Gasteiger partial charge in [-0.1, -0.05) is 11.6 Å². The van der Waals surface area contributed by atoms with Crippen LogP contribution in [0.5, 0.6) is 5.75 Å². The Bertz CT molecular complexity index is 779. The van der Waals surface area contributed by atoms with Crippen LogP contribution in [0.1, 0.15) is 22.0 Å². The summed E-state index contributed by atoms with van der Waals surface area (Å²) in [6.07, 6.45) is 0. The van der Waals surface area contributed by atoms with E-state index in [1.54, 1.807) is 7.11 Å². The molecule has 0 spiro atoms. The summed E-state index contributed by atoms with van der Waals surface area (Å²) in [6.45, 7) is 3.56. The summed E-state index contributed by atoms with van der Waals surface area (Å²) in [5.74, 6) is 0.00759. The first-order valence-electron chi connectivity index (χ1n) is 8.88. The van der Waals surface area contributed by atoms with Gasteiger partial charge in [0.15, 0.2) is 0 Å². The molecule has 0 aliphatic carbocycles. The Morgan fingerprint density at radius 2 is 1.96 bits per heavy atom. The van der Waals surface area contributed by atoms with Crippen molar-refractivity contribution in [1.82, 2.24) is 5.32 Å². The zero-order chi connectivity index (χ0) is 19.2. The van der Waals surface area contributed by atoms with E-state index in [2.05, 4.69) is 5.32 Å². The second kappa shape index (κ2) is 9.17. The van der Waals surface area contributed by atoms with E-state index in [9.17, 15) is 9.18 Å². The van der Waals surface area contributed by atoms with Crippen LogP contribution in [-0.2, 0) is 4.74 Å². The van der Waals surface area contributed by atoms with Gasteiger partial charge in [0.1, 0.15) is 30.7 Å². The van der Waals surface area contributed by atoms with Crippen molar-refractivity contribution in [2.75, 3.05) is 40.0 Å². The quantitative estimate of drug-likeness (QED) is 0.788. The van der Waals surface area contributed by atoms with Crippen LogP contribution in [0.15, 0.2) is 42.5 Å². The van der Waals surface area contributed by atoms with Crippen molar-refractivity contribution in [1.29, 1.82) is 0 Å². The summed E-state index contributed by atoms with van der Waals surface area (Å²) in [6, 6.07) is 11.7. The summed E-state index contributed by atoms with van der Waals surface area (Å²) in [5, 5.41) is 3.05. The average molecular weight is 394 g/mol. The van der Waals surface area contributed by atoms with E-state index in [1.165, 1.54) is 17.0 Å². The molecule has 0 aromatic heterocycles. The lowest BCUT2D eigenvalue weighted by atomic mass is 10.0. The molecule has 0 bridgehead atoms. The van der Waals surface area contributed by atoms with Crippen LogP contribution in [0.3, 0.4) is 0 Å². The minimum atomic E-state index is -0.467. The molecule has 2 aromatic rings. The minimum Gasteiger partial charge on any atom is -0.497 e. The molecule has 1 aliphatic heterocycles. The smallest absolute Gasteiger partial charge is 0.253 e. The van der Waals surface area contributed by atoms with Gasteiger partial charge in [-0.15, -0.1) is 0 Å². The molecule has 1 heterocycles. The minimum absolute atomic E-state index is 0.0722. The maximum absolute atomic E-state index is 13.2. The summed E-state index contributed by atoms with van der Waals surface area (Å²) in [4.78, 5) is 13.9. The molecule has 3 rings (SSSR count). The Kier molecular flexibility index (Phi) is 6.66. The van der Waals surface area contributed by atoms with E-state index in [0.29, 0.717) is 19.8 Å². The van der Waals surface area contributed by atoms with Crippen LogP contribution in [0.25, 0.3) is 0 Å². The van der Waals surface area contributed by atoms with Gasteiger partial charge >= 0.3 is 0 Å². The lowest BCUT2D eigenvalue weighted by molar-refractivity contribution is -0.937. The number of halogens is 2. The molecule has 1 atom stereocenters. The Balaban J connectivity index is 1.75. The number of carbonyl (C=O) groups excluding carboxylic acids is 1. The third kappa shape index (κ3) is 4.97. The molecule has 0 saturated carbocycles. The topological polar surface area (TPSA) is 52.0 Å². The second-order valence-corrected chi connectivity index (χ2v) is 6.84. The number of hydrogen-bond acceptors (Lipinski definition) is 3. The molecule has 1 fully saturated rings. The highest BCUT2D eigenvalue weighted by atomic mass is 35.5. The van der Waals surface area contributed by atoms with Gasteiger partial charge in [-0.25, -0.2) is 4.39 Å². The molecule has 2 aromatic carbocycles. The number of benzene rings is 2. The predicted molar refractivity (Wildman–Crippen MR) is 101 cm³/mol. The second-order valence-electron chi connectivity index (χ2n) is 6.43. The third-order valence-corrected chi connectivity index (χ3v) is 5.10. The summed E-state index contributed by atoms with van der Waals surface area (Å²) >= 11 is 6.00. The molecule has 1 saturated heterocycles. The summed E-state index contributed by atoms with van der Waals surface area (Å²) < 4.78 is 23.9. The Morgan fingerprint density at radius 3 is 2.59 bits per heavy atom. The molecule has 7 heteroatoms. The number of amides is 1. The van der Waals surface area contributed by atoms with E-state index in [1.807, 2.05) is 24.3 Å². The summed E-state index contributed by atoms with van der Waals surface area (Å²) in [5.41, 5.74) is 1.38. The molecule has 1 amide bonds. The summed E-state index contributed by atoms with van der Waals surface area (Å²) in [7, 11) is 1.63. The normalized spacial score (nSPS) is 16.0. The van der Waals surface area contributed by atoms with Crippen molar-refractivity contribution in [3.63, 3.8) is 0 Å². The Hall–Kier alpha value is -2.15. The zero-order valence-corrected chi connectivity index (χ0v) is 15.9. The molecule has 2 N–H and O–H groups in total. The van der Waals surface area contributed by atoms with Crippen LogP contribution in [0.4, 0.5) is 4.39 Å². The van der Waals surface area contributed by atoms with Gasteiger partial charge in [0.05, 0.1) is 37.5 Å². The molecule has 144 valence electrons. The first-order chi connectivity index (χ1) is 13.1. The fourth-order valence-corrected chi connectivity index (χ4v) is 3.53. The van der Waals surface area contributed by atoms with E-state index < -0.39 is 5.82 Å². The number of ether oxygens (including phenoxy) is 2. The van der Waals surface area contributed by atoms with E-state index >= 15 is 0 Å². The maximum Gasteiger partial charge on any atom is 0.253 e. The highest BCUT2D eigenvalue weighted by Crippen LogP contribution is 2.18. The van der Waals surface area contributed by atoms with Crippen molar-refractivity contribution in [2.24, 2.45) is 0 Å². The molecular weight excluding hydrogens is 371 g/mol. The average Bonchev–Trinajstić information content (AvgIpc) is 2.69. The Labute approximate surface area is 163 Å². The number of hydrogen-bond donors (Lipinski definition) is 2. The fraction of sp³-hybridized carbons (Fsp3) is 0.350. The molecule has 5 nitrogen and oxygen atoms in total. The number of rotatable bonds is 6. The van der Waals surface area contributed by atoms with E-state index in [-0.39, 0.29) is 22.5 Å². The lowest BCUT2D eigenvalue weighted by Gasteiger charge is -2.32. The van der Waals surface area contributed by atoms with Gasteiger partial charge in [-0.3, -0.25) is 4.79 Å². The van der Waals surface area contributed by atoms with Crippen molar-refractivity contribution in [3.05, 3.63) is 64.4 Å². The molecular formula is C20H23ClFN2O3+. The van der Waals surface area contributed by atoms with Crippen LogP contribution in [0.2, 0.25) is 5.02 Å². The van der Waals surface area contributed by atoms with Crippen LogP contribution < -0.4 is 15.0 Å². The van der Waals surface area contributed by atoms with Crippen LogP contribution in [0, 0.1) is 5.82 Å². The Morgan fingerprint density at radius 1 is 1.26 bits per heavy atom. The van der Waals surface area contributed by atoms with Crippen molar-refractivity contribution in [2.45, 2.75) is 6.04 Å². The van der Waals surface area contributed by atoms with E-state index in [4.69, 9.17) is 21.1 Å². The number of nitrogens with one attached hydrogen (secondary N) is 2. The molecule has 0 radical (unpaired) electrons. The molecule has 0 unspecified atom stereocenters. The van der Waals surface area contributed by atoms with Gasteiger partial charge in [0.2, 0.25) is 0 Å². The third-order valence-electron chi connectivity index (χ3n) is 4.79. The van der Waals surface area contributed by atoms with Gasteiger partial charge < -0.3 is 19.7 Å². The zero-order valence-electron chi connectivity index (χ0n) is 15.1. The molecule has 27 heavy (non-hydrogen) atoms. The maximum atomic E-state index is 13.2. The first kappa shape index (κ1) is 19.6. The van der Waals surface area contributed by atoms with E-state index in [0.717, 1.165) is 30.5 Å². The number of morpholine rings is 1. The standard InChI is InChI=1S/C20H22ClFN2O3/c1-26-16-5-2-14(3-6-16)19(24-8-10-27-11-9-24)13-23-20(25)17-7-4-15(22)12-18(17)21/h2-7,12,19H,8-11,13H2,1H3,(H,23,25)/p+1/t19-/m1/s1. The SMILES string of the molecule is COc1ccc([C@@H](CNC(=O)c2ccc(F)cc2Cl)[NH+]2CCOCC2)cc1. The number of carbonyl (C=O) groups is 1. The highest BCUT2D eigenvalue weighted by Gasteiger charge is 2.27. The number of quaternary nitrogens is 1. The van der Waals surface area contributed by atoms with Crippen molar-refractivity contribution < 1.29 is 23.6 Å². The lowest BCUT2D eigenvalue weighted by Crippen LogP contribution is -3.15. The van der Waals surface area contributed by atoms with Gasteiger partial charge in [-0.2, -0.15) is 0 Å². The van der Waals surface area contributed by atoms with Crippen LogP contribution in [-0.4, -0.2) is 45.9 Å². The van der Waals surface area contributed by atoms with Gasteiger partial charge in [0, 0.05) is 5.56 Å². The monoisotopic (exact) mass is 393 g/mol. The largest absolute Gasteiger partial charge is 0.497 e.